The molecular weight excluding hydrogens is 222 g/mol. The quantitative estimate of drug-likeness (QED) is 0.492. The SMILES string of the molecule is CN1C[C@@H](NOS(=O)(=O)O)CC[C@@H]1C#N. The lowest BCUT2D eigenvalue weighted by atomic mass is 10.0. The van der Waals surface area contributed by atoms with E-state index in [0.29, 0.717) is 19.4 Å². The Bertz CT molecular complexity index is 350. The van der Waals surface area contributed by atoms with Crippen LogP contribution in [0, 0.1) is 11.3 Å². The summed E-state index contributed by atoms with van der Waals surface area (Å²) < 4.78 is 32.9. The smallest absolute Gasteiger partial charge is 0.289 e. The first kappa shape index (κ1) is 12.4. The molecule has 0 spiro atoms. The molecule has 0 aliphatic carbocycles. The van der Waals surface area contributed by atoms with Crippen molar-refractivity contribution >= 4 is 10.4 Å². The molecule has 2 N–H and O–H groups in total. The summed E-state index contributed by atoms with van der Waals surface area (Å²) in [5, 5.41) is 8.73. The van der Waals surface area contributed by atoms with Crippen molar-refractivity contribution in [3.63, 3.8) is 0 Å². The monoisotopic (exact) mass is 235 g/mol. The third-order valence-electron chi connectivity index (χ3n) is 2.30. The number of likely N-dealkylation sites (N-methyl/N-ethyl adjacent to an activating group) is 1. The Morgan fingerprint density at radius 3 is 2.73 bits per heavy atom. The van der Waals surface area contributed by atoms with Gasteiger partial charge in [-0.1, -0.05) is 0 Å². The van der Waals surface area contributed by atoms with Crippen LogP contribution in [0.5, 0.6) is 0 Å². The molecule has 0 amide bonds. The van der Waals surface area contributed by atoms with Crippen molar-refractivity contribution in [3.8, 4) is 6.07 Å². The summed E-state index contributed by atoms with van der Waals surface area (Å²) in [5.41, 5.74) is 2.25. The maximum absolute atomic E-state index is 10.3. The highest BCUT2D eigenvalue weighted by molar-refractivity contribution is 7.80. The van der Waals surface area contributed by atoms with Crippen molar-refractivity contribution in [1.82, 2.24) is 10.4 Å². The fraction of sp³-hybridized carbons (Fsp3) is 0.857. The van der Waals surface area contributed by atoms with Gasteiger partial charge in [0, 0.05) is 12.6 Å². The molecule has 0 aromatic heterocycles. The fourth-order valence-electron chi connectivity index (χ4n) is 1.53. The first-order valence-corrected chi connectivity index (χ1v) is 5.80. The van der Waals surface area contributed by atoms with Crippen LogP contribution in [0.25, 0.3) is 0 Å². The molecule has 2 atom stereocenters. The summed E-state index contributed by atoms with van der Waals surface area (Å²) in [6.45, 7) is 0.494. The van der Waals surface area contributed by atoms with Gasteiger partial charge in [0.15, 0.2) is 0 Å². The third-order valence-corrected chi connectivity index (χ3v) is 2.60. The molecule has 0 aromatic rings. The van der Waals surface area contributed by atoms with Gasteiger partial charge in [-0.15, -0.1) is 0 Å². The van der Waals surface area contributed by atoms with Crippen LogP contribution in [0.15, 0.2) is 0 Å². The van der Waals surface area contributed by atoms with Gasteiger partial charge in [-0.2, -0.15) is 23.4 Å². The summed E-state index contributed by atoms with van der Waals surface area (Å²) in [7, 11) is -2.68. The van der Waals surface area contributed by atoms with Crippen LogP contribution in [-0.2, 0) is 14.7 Å². The van der Waals surface area contributed by atoms with Crippen LogP contribution in [0.4, 0.5) is 0 Å². The maximum Gasteiger partial charge on any atom is 0.413 e. The molecule has 15 heavy (non-hydrogen) atoms. The highest BCUT2D eigenvalue weighted by Crippen LogP contribution is 2.14. The van der Waals surface area contributed by atoms with Crippen LogP contribution in [0.1, 0.15) is 12.8 Å². The zero-order valence-electron chi connectivity index (χ0n) is 8.25. The van der Waals surface area contributed by atoms with Gasteiger partial charge in [-0.05, 0) is 19.9 Å². The minimum Gasteiger partial charge on any atom is -0.289 e. The number of likely N-dealkylation sites (tertiary alicyclic amines) is 1. The van der Waals surface area contributed by atoms with Gasteiger partial charge in [-0.25, -0.2) is 0 Å². The van der Waals surface area contributed by atoms with Crippen LogP contribution >= 0.6 is 0 Å². The predicted octanol–water partition coefficient (Wildman–Crippen LogP) is -0.703. The molecule has 8 heteroatoms. The van der Waals surface area contributed by atoms with E-state index in [0.717, 1.165) is 0 Å². The van der Waals surface area contributed by atoms with Gasteiger partial charge < -0.3 is 0 Å². The number of nitriles is 1. The molecule has 1 fully saturated rings. The van der Waals surface area contributed by atoms with E-state index in [1.165, 1.54) is 0 Å². The Labute approximate surface area is 88.5 Å². The minimum absolute atomic E-state index is 0.145. The molecule has 7 nitrogen and oxygen atoms in total. The Morgan fingerprint density at radius 1 is 1.60 bits per heavy atom. The number of hydrogen-bond acceptors (Lipinski definition) is 6. The van der Waals surface area contributed by atoms with Crippen molar-refractivity contribution in [1.29, 1.82) is 5.26 Å². The Kier molecular flexibility index (Phi) is 4.01. The maximum atomic E-state index is 10.3. The Morgan fingerprint density at radius 2 is 2.27 bits per heavy atom. The van der Waals surface area contributed by atoms with Crippen LogP contribution in [0.2, 0.25) is 0 Å². The lowest BCUT2D eigenvalue weighted by Gasteiger charge is -2.32. The minimum atomic E-state index is -4.45. The van der Waals surface area contributed by atoms with Gasteiger partial charge in [0.05, 0.1) is 12.1 Å². The number of hydrogen-bond donors (Lipinski definition) is 2. The van der Waals surface area contributed by atoms with Crippen LogP contribution < -0.4 is 5.48 Å². The predicted molar refractivity (Wildman–Crippen MR) is 50.8 cm³/mol. The molecule has 1 saturated heterocycles. The highest BCUT2D eigenvalue weighted by Gasteiger charge is 2.26. The highest BCUT2D eigenvalue weighted by atomic mass is 32.3. The molecule has 1 aliphatic rings. The van der Waals surface area contributed by atoms with Crippen molar-refractivity contribution in [2.45, 2.75) is 24.9 Å². The van der Waals surface area contributed by atoms with E-state index in [1.807, 2.05) is 0 Å². The number of rotatable bonds is 3. The second-order valence-corrected chi connectivity index (χ2v) is 4.51. The molecule has 1 rings (SSSR count). The third kappa shape index (κ3) is 4.11. The first-order chi connectivity index (χ1) is 6.92. The summed E-state index contributed by atoms with van der Waals surface area (Å²) in [6, 6.07) is 1.78. The van der Waals surface area contributed by atoms with E-state index < -0.39 is 10.4 Å². The largest absolute Gasteiger partial charge is 0.413 e. The van der Waals surface area contributed by atoms with E-state index in [1.54, 1.807) is 11.9 Å². The number of hydroxylamine groups is 1. The molecule has 0 bridgehead atoms. The van der Waals surface area contributed by atoms with Crippen molar-refractivity contribution in [3.05, 3.63) is 0 Å². The van der Waals surface area contributed by atoms with Gasteiger partial charge in [-0.3, -0.25) is 9.45 Å². The van der Waals surface area contributed by atoms with Gasteiger partial charge in [0.25, 0.3) is 0 Å². The molecular formula is C7H13N3O4S. The zero-order chi connectivity index (χ0) is 11.5. The van der Waals surface area contributed by atoms with Gasteiger partial charge >= 0.3 is 10.4 Å². The number of nitrogens with one attached hydrogen (secondary N) is 1. The number of piperidine rings is 1. The van der Waals surface area contributed by atoms with Crippen LogP contribution in [-0.4, -0.2) is 43.5 Å². The molecule has 1 heterocycles. The van der Waals surface area contributed by atoms with Gasteiger partial charge in [0.1, 0.15) is 0 Å². The molecule has 0 aromatic carbocycles. The van der Waals surface area contributed by atoms with E-state index in [2.05, 4.69) is 15.8 Å². The average molecular weight is 235 g/mol. The topological polar surface area (TPSA) is 103 Å². The Balaban J connectivity index is 2.39. The van der Waals surface area contributed by atoms with Crippen molar-refractivity contribution in [2.75, 3.05) is 13.6 Å². The second-order valence-electron chi connectivity index (χ2n) is 3.49. The van der Waals surface area contributed by atoms with Gasteiger partial charge in [0.2, 0.25) is 0 Å². The normalized spacial score (nSPS) is 28.6. The average Bonchev–Trinajstić information content (AvgIpc) is 2.14. The molecule has 0 unspecified atom stereocenters. The van der Waals surface area contributed by atoms with E-state index in [9.17, 15) is 8.42 Å². The molecule has 0 saturated carbocycles. The van der Waals surface area contributed by atoms with E-state index in [-0.39, 0.29) is 12.1 Å². The Hall–Kier alpha value is -0.720. The summed E-state index contributed by atoms with van der Waals surface area (Å²) in [4.78, 5) is 1.80. The molecule has 0 radical (unpaired) electrons. The summed E-state index contributed by atoms with van der Waals surface area (Å²) >= 11 is 0. The number of nitrogens with zero attached hydrogens (tertiary/aromatic N) is 2. The molecule has 1 aliphatic heterocycles. The second kappa shape index (κ2) is 4.87. The van der Waals surface area contributed by atoms with E-state index in [4.69, 9.17) is 9.81 Å². The molecule has 86 valence electrons. The fourth-order valence-corrected chi connectivity index (χ4v) is 1.79. The van der Waals surface area contributed by atoms with Crippen molar-refractivity contribution in [2.24, 2.45) is 0 Å². The first-order valence-electron chi connectivity index (χ1n) is 4.43. The lowest BCUT2D eigenvalue weighted by molar-refractivity contribution is 0.0861. The lowest BCUT2D eigenvalue weighted by Crippen LogP contribution is -2.48. The standard InChI is InChI=1S/C7H13N3O4S/c1-10-5-6(2-3-7(10)4-8)9-14-15(11,12)13/h6-7,9H,2-3,5H2,1H3,(H,11,12,13)/t6-,7+/m0/s1. The summed E-state index contributed by atoms with van der Waals surface area (Å²) in [6.07, 6.45) is 1.26. The summed E-state index contributed by atoms with van der Waals surface area (Å²) in [5.74, 6) is 0. The van der Waals surface area contributed by atoms with Crippen molar-refractivity contribution < 1.29 is 17.3 Å². The zero-order valence-corrected chi connectivity index (χ0v) is 9.07. The van der Waals surface area contributed by atoms with E-state index >= 15 is 0 Å². The van der Waals surface area contributed by atoms with Crippen LogP contribution in [0.3, 0.4) is 0 Å².